The molecule has 0 spiro atoms. The number of halogens is 2. The third-order valence-electron chi connectivity index (χ3n) is 6.81. The summed E-state index contributed by atoms with van der Waals surface area (Å²) < 4.78 is 2.20. The van der Waals surface area contributed by atoms with E-state index < -0.39 is 0 Å². The summed E-state index contributed by atoms with van der Waals surface area (Å²) in [6, 6.07) is 14.6. The zero-order valence-electron chi connectivity index (χ0n) is 18.2. The number of hydrogen-bond acceptors (Lipinski definition) is 2. The van der Waals surface area contributed by atoms with Gasteiger partial charge in [-0.25, -0.2) is 0 Å². The van der Waals surface area contributed by atoms with Gasteiger partial charge in [0.25, 0.3) is 0 Å². The van der Waals surface area contributed by atoms with E-state index in [2.05, 4.69) is 45.7 Å². The number of hydrogen-bond donors (Lipinski definition) is 1. The van der Waals surface area contributed by atoms with Gasteiger partial charge in [-0.2, -0.15) is 0 Å². The summed E-state index contributed by atoms with van der Waals surface area (Å²) in [6.07, 6.45) is 6.70. The van der Waals surface area contributed by atoms with Gasteiger partial charge in [-0.3, -0.25) is 4.98 Å². The Bertz CT molecular complexity index is 1150. The second-order valence-corrected chi connectivity index (χ2v) is 9.88. The van der Waals surface area contributed by atoms with Gasteiger partial charge in [0.2, 0.25) is 0 Å². The van der Waals surface area contributed by atoms with Gasteiger partial charge in [-0.1, -0.05) is 48.2 Å². The maximum atomic E-state index is 6.61. The topological polar surface area (TPSA) is 33.1 Å². The largest absolute Gasteiger partial charge is 0.352 e. The molecule has 3 heterocycles. The van der Waals surface area contributed by atoms with Gasteiger partial charge in [0.05, 0.1) is 33.5 Å². The van der Waals surface area contributed by atoms with E-state index in [1.807, 2.05) is 36.5 Å². The quantitative estimate of drug-likeness (QED) is 0.417. The van der Waals surface area contributed by atoms with E-state index >= 15 is 0 Å². The first-order valence-electron chi connectivity index (χ1n) is 11.1. The Hall–Kier alpha value is -2.08. The number of rotatable bonds is 4. The van der Waals surface area contributed by atoms with Crippen LogP contribution in [0.5, 0.6) is 0 Å². The highest BCUT2D eigenvalue weighted by atomic mass is 35.5. The van der Waals surface area contributed by atoms with Crippen molar-refractivity contribution in [2.75, 3.05) is 0 Å². The molecule has 2 aromatic heterocycles. The molecule has 1 aliphatic heterocycles. The van der Waals surface area contributed by atoms with Gasteiger partial charge in [0, 0.05) is 23.6 Å². The molecule has 3 aromatic rings. The first kappa shape index (κ1) is 21.7. The summed E-state index contributed by atoms with van der Waals surface area (Å²) in [5.74, 6) is 0. The molecular weight excluding hydrogens is 459 g/mol. The number of nitrogens with zero attached hydrogens (tertiary/aromatic N) is 3. The molecule has 1 saturated carbocycles. The van der Waals surface area contributed by atoms with E-state index in [-0.39, 0.29) is 12.1 Å². The molecule has 0 bridgehead atoms. The first-order chi connectivity index (χ1) is 15.5. The van der Waals surface area contributed by atoms with Crippen molar-refractivity contribution in [1.29, 1.82) is 0 Å². The van der Waals surface area contributed by atoms with Gasteiger partial charge in [0.1, 0.15) is 0 Å². The van der Waals surface area contributed by atoms with Crippen molar-refractivity contribution in [1.82, 2.24) is 19.8 Å². The van der Waals surface area contributed by atoms with Crippen LogP contribution in [0.25, 0.3) is 5.69 Å². The summed E-state index contributed by atoms with van der Waals surface area (Å²) in [6.45, 7) is 4.27. The number of pyridine rings is 1. The Morgan fingerprint density at radius 2 is 1.84 bits per heavy atom. The number of aryl methyl sites for hydroxylation is 1. The highest BCUT2D eigenvalue weighted by molar-refractivity contribution is 7.80. The molecule has 0 radical (unpaired) electrons. The summed E-state index contributed by atoms with van der Waals surface area (Å²) >= 11 is 18.8. The second-order valence-electron chi connectivity index (χ2n) is 8.71. The standard InChI is InChI=1S/C25H26Cl2N4S/c1-15-14-18(16(2)30(15)21-12-7-10-19(26)22(21)27)24-23(20-11-5-6-13-28-20)29-25(32)31(24)17-8-3-4-9-17/h5-7,10-14,17,23-24H,3-4,8-9H2,1-2H3,(H,29,32)/t23-,24+/m0/s1. The van der Waals surface area contributed by atoms with Gasteiger partial charge < -0.3 is 14.8 Å². The van der Waals surface area contributed by atoms with Crippen molar-refractivity contribution >= 4 is 40.5 Å². The lowest BCUT2D eigenvalue weighted by Gasteiger charge is -2.33. The predicted molar refractivity (Wildman–Crippen MR) is 135 cm³/mol. The van der Waals surface area contributed by atoms with E-state index in [1.54, 1.807) is 0 Å². The van der Waals surface area contributed by atoms with Crippen LogP contribution >= 0.6 is 35.4 Å². The molecule has 1 aliphatic carbocycles. The minimum Gasteiger partial charge on any atom is -0.352 e. The van der Waals surface area contributed by atoms with Crippen molar-refractivity contribution in [2.45, 2.75) is 57.7 Å². The molecule has 7 heteroatoms. The Morgan fingerprint density at radius 1 is 1.06 bits per heavy atom. The lowest BCUT2D eigenvalue weighted by Crippen LogP contribution is -2.37. The lowest BCUT2D eigenvalue weighted by atomic mass is 9.95. The summed E-state index contributed by atoms with van der Waals surface area (Å²) in [5.41, 5.74) is 5.41. The number of nitrogens with one attached hydrogen (secondary N) is 1. The maximum absolute atomic E-state index is 6.61. The van der Waals surface area contributed by atoms with E-state index in [4.69, 9.17) is 35.4 Å². The maximum Gasteiger partial charge on any atom is 0.170 e. The van der Waals surface area contributed by atoms with Crippen molar-refractivity contribution in [2.24, 2.45) is 0 Å². The molecule has 2 aliphatic rings. The first-order valence-corrected chi connectivity index (χ1v) is 12.3. The van der Waals surface area contributed by atoms with E-state index in [0.29, 0.717) is 16.1 Å². The van der Waals surface area contributed by atoms with E-state index in [0.717, 1.165) is 27.9 Å². The molecule has 1 aromatic carbocycles. The zero-order chi connectivity index (χ0) is 22.4. The predicted octanol–water partition coefficient (Wildman–Crippen LogP) is 6.71. The molecule has 0 amide bonds. The summed E-state index contributed by atoms with van der Waals surface area (Å²) in [7, 11) is 0. The molecule has 2 fully saturated rings. The average molecular weight is 485 g/mol. The van der Waals surface area contributed by atoms with Crippen LogP contribution in [0, 0.1) is 13.8 Å². The molecule has 5 rings (SSSR count). The zero-order valence-corrected chi connectivity index (χ0v) is 20.5. The van der Waals surface area contributed by atoms with Crippen LogP contribution in [0.3, 0.4) is 0 Å². The number of benzene rings is 1. The minimum absolute atomic E-state index is 0.00640. The normalized spacial score (nSPS) is 21.4. The Morgan fingerprint density at radius 3 is 2.56 bits per heavy atom. The fourth-order valence-electron chi connectivity index (χ4n) is 5.40. The summed E-state index contributed by atoms with van der Waals surface area (Å²) in [4.78, 5) is 7.12. The SMILES string of the molecule is Cc1cc([C@@H]2[C@H](c3ccccn3)NC(=S)N2C2CCCC2)c(C)n1-c1cccc(Cl)c1Cl. The average Bonchev–Trinajstić information content (AvgIpc) is 3.49. The summed E-state index contributed by atoms with van der Waals surface area (Å²) in [5, 5.41) is 5.55. The van der Waals surface area contributed by atoms with Crippen molar-refractivity contribution in [3.05, 3.63) is 81.4 Å². The van der Waals surface area contributed by atoms with Gasteiger partial charge in [0.15, 0.2) is 5.11 Å². The third-order valence-corrected chi connectivity index (χ3v) is 7.95. The molecule has 32 heavy (non-hydrogen) atoms. The van der Waals surface area contributed by atoms with Crippen LogP contribution in [0.15, 0.2) is 48.7 Å². The Kier molecular flexibility index (Phi) is 5.91. The van der Waals surface area contributed by atoms with Crippen LogP contribution in [0.1, 0.15) is 60.4 Å². The molecule has 1 saturated heterocycles. The smallest absolute Gasteiger partial charge is 0.170 e. The van der Waals surface area contributed by atoms with Crippen molar-refractivity contribution in [3.8, 4) is 5.69 Å². The molecule has 0 unspecified atom stereocenters. The van der Waals surface area contributed by atoms with Crippen LogP contribution in [-0.4, -0.2) is 25.6 Å². The van der Waals surface area contributed by atoms with Gasteiger partial charge >= 0.3 is 0 Å². The molecule has 166 valence electrons. The van der Waals surface area contributed by atoms with Crippen LogP contribution in [-0.2, 0) is 0 Å². The Labute approximate surface area is 204 Å². The Balaban J connectivity index is 1.66. The molecule has 4 nitrogen and oxygen atoms in total. The number of thiocarbonyl (C=S) groups is 1. The molecule has 1 N–H and O–H groups in total. The monoisotopic (exact) mass is 484 g/mol. The van der Waals surface area contributed by atoms with E-state index in [9.17, 15) is 0 Å². The van der Waals surface area contributed by atoms with Crippen LogP contribution in [0.2, 0.25) is 10.0 Å². The molecule has 2 atom stereocenters. The third kappa shape index (κ3) is 3.60. The second kappa shape index (κ2) is 8.69. The fourth-order valence-corrected chi connectivity index (χ4v) is 6.17. The van der Waals surface area contributed by atoms with Crippen LogP contribution in [0.4, 0.5) is 0 Å². The van der Waals surface area contributed by atoms with E-state index in [1.165, 1.54) is 31.2 Å². The molecular formula is C25H26Cl2N4S. The lowest BCUT2D eigenvalue weighted by molar-refractivity contribution is 0.245. The van der Waals surface area contributed by atoms with Crippen molar-refractivity contribution < 1.29 is 0 Å². The fraction of sp³-hybridized carbons (Fsp3) is 0.360. The number of aromatic nitrogens is 2. The van der Waals surface area contributed by atoms with Gasteiger partial charge in [-0.05, 0) is 74.8 Å². The highest BCUT2D eigenvalue weighted by Crippen LogP contribution is 2.45. The highest BCUT2D eigenvalue weighted by Gasteiger charge is 2.44. The van der Waals surface area contributed by atoms with Gasteiger partial charge in [-0.15, -0.1) is 0 Å². The van der Waals surface area contributed by atoms with Crippen LogP contribution < -0.4 is 5.32 Å². The van der Waals surface area contributed by atoms with Crippen molar-refractivity contribution in [3.63, 3.8) is 0 Å². The minimum atomic E-state index is -0.00640.